The van der Waals surface area contributed by atoms with Gasteiger partial charge in [-0.3, -0.25) is 0 Å². The molecule has 3 rings (SSSR count). The number of alkyl halides is 2. The van der Waals surface area contributed by atoms with Gasteiger partial charge in [0.05, 0.1) is 0 Å². The van der Waals surface area contributed by atoms with E-state index in [1.54, 1.807) is 72.8 Å². The summed E-state index contributed by atoms with van der Waals surface area (Å²) in [6.45, 7) is 4.25. The van der Waals surface area contributed by atoms with Gasteiger partial charge in [-0.15, -0.1) is 0 Å². The number of rotatable bonds is 7. The highest BCUT2D eigenvalue weighted by Crippen LogP contribution is 2.70. The van der Waals surface area contributed by atoms with Crippen LogP contribution < -0.4 is 0 Å². The lowest BCUT2D eigenvalue weighted by Crippen LogP contribution is -2.35. The number of aliphatic hydroxyl groups is 1. The molecule has 0 amide bonds. The van der Waals surface area contributed by atoms with Crippen molar-refractivity contribution in [2.75, 3.05) is 6.61 Å². The Labute approximate surface area is 189 Å². The number of benzene rings is 3. The van der Waals surface area contributed by atoms with Crippen LogP contribution in [0.25, 0.3) is 0 Å². The Balaban J connectivity index is 2.35. The van der Waals surface area contributed by atoms with Gasteiger partial charge in [0.1, 0.15) is 6.61 Å². The van der Waals surface area contributed by atoms with E-state index in [2.05, 4.69) is 0 Å². The molecule has 0 atom stereocenters. The molecule has 0 aliphatic rings. The first-order valence-corrected chi connectivity index (χ1v) is 12.9. The van der Waals surface area contributed by atoms with E-state index in [1.807, 2.05) is 32.9 Å². The van der Waals surface area contributed by atoms with Crippen molar-refractivity contribution in [3.05, 3.63) is 90.5 Å². The second kappa shape index (κ2) is 8.94. The largest absolute Gasteiger partial charge is 0.393 e. The van der Waals surface area contributed by atoms with E-state index in [1.165, 1.54) is 0 Å². The van der Waals surface area contributed by atoms with Crippen molar-refractivity contribution < 1.29 is 25.9 Å². The number of hydrogen-bond donors (Lipinski definition) is 1. The third-order valence-electron chi connectivity index (χ3n) is 4.94. The fourth-order valence-electron chi connectivity index (χ4n) is 3.16. The van der Waals surface area contributed by atoms with E-state index in [-0.39, 0.29) is 5.41 Å². The van der Waals surface area contributed by atoms with E-state index in [9.17, 15) is 17.2 Å². The van der Waals surface area contributed by atoms with Crippen molar-refractivity contribution in [3.63, 3.8) is 0 Å². The molecular formula is C24H26F2O4S2. The zero-order valence-electron chi connectivity index (χ0n) is 18.0. The van der Waals surface area contributed by atoms with Crippen LogP contribution in [0, 0.1) is 0 Å². The molecule has 3 aromatic carbocycles. The summed E-state index contributed by atoms with van der Waals surface area (Å²) in [5.41, 5.74) is 0.839. The quantitative estimate of drug-likeness (QED) is 0.443. The minimum absolute atomic E-state index is 0.160. The molecule has 0 saturated heterocycles. The van der Waals surface area contributed by atoms with Crippen molar-refractivity contribution >= 4 is 20.4 Å². The molecule has 8 heteroatoms. The average Bonchev–Trinajstić information content (AvgIpc) is 2.78. The first kappa shape index (κ1) is 24.4. The van der Waals surface area contributed by atoms with E-state index in [0.29, 0.717) is 14.7 Å². The zero-order chi connectivity index (χ0) is 23.6. The van der Waals surface area contributed by atoms with Gasteiger partial charge in [0, 0.05) is 14.7 Å². The summed E-state index contributed by atoms with van der Waals surface area (Å²) in [6.07, 6.45) is 0. The Bertz CT molecular complexity index is 1100. The molecule has 172 valence electrons. The Morgan fingerprint density at radius 3 is 1.53 bits per heavy atom. The third kappa shape index (κ3) is 4.59. The molecule has 4 nitrogen and oxygen atoms in total. The average molecular weight is 481 g/mol. The molecule has 0 bridgehead atoms. The highest BCUT2D eigenvalue weighted by Gasteiger charge is 2.51. The normalized spacial score (nSPS) is 13.7. The van der Waals surface area contributed by atoms with Crippen LogP contribution in [0.15, 0.2) is 99.6 Å². The predicted molar refractivity (Wildman–Crippen MR) is 122 cm³/mol. The molecule has 1 N–H and O–H groups in total. The first-order valence-electron chi connectivity index (χ1n) is 9.92. The van der Waals surface area contributed by atoms with Crippen LogP contribution in [0.3, 0.4) is 0 Å². The van der Waals surface area contributed by atoms with Crippen LogP contribution in [0.5, 0.6) is 0 Å². The second-order valence-corrected chi connectivity index (χ2v) is 12.9. The Morgan fingerprint density at radius 1 is 0.750 bits per heavy atom. The van der Waals surface area contributed by atoms with Gasteiger partial charge in [0.25, 0.3) is 0 Å². The second-order valence-electron chi connectivity index (χ2n) is 8.27. The number of halogens is 2. The van der Waals surface area contributed by atoms with Crippen LogP contribution in [0.4, 0.5) is 8.78 Å². The Hall–Kier alpha value is -2.26. The smallest absolute Gasteiger partial charge is 0.389 e. The highest BCUT2D eigenvalue weighted by molar-refractivity contribution is 8.33. The summed E-state index contributed by atoms with van der Waals surface area (Å²) in [4.78, 5) is 1.32. The molecule has 0 heterocycles. The number of hydrogen-bond acceptors (Lipinski definition) is 4. The molecule has 0 unspecified atom stereocenters. The Morgan fingerprint density at radius 2 is 1.16 bits per heavy atom. The third-order valence-corrected chi connectivity index (χ3v) is 10.1. The SMILES string of the molecule is CC(C)(C)c1ccc(S(OS(=O)(=O)C(F)(F)CO)(c2ccccc2)c2ccccc2)cc1. The minimum Gasteiger partial charge on any atom is -0.389 e. The molecule has 32 heavy (non-hydrogen) atoms. The van der Waals surface area contributed by atoms with Crippen LogP contribution in [-0.4, -0.2) is 25.4 Å². The van der Waals surface area contributed by atoms with Crippen LogP contribution in [0.2, 0.25) is 0 Å². The summed E-state index contributed by atoms with van der Waals surface area (Å²) in [5.74, 6) is 0. The fraction of sp³-hybridized carbons (Fsp3) is 0.250. The molecule has 0 fully saturated rings. The molecule has 0 aromatic heterocycles. The van der Waals surface area contributed by atoms with Crippen LogP contribution in [-0.2, 0) is 19.2 Å². The van der Waals surface area contributed by atoms with E-state index in [0.717, 1.165) is 5.56 Å². The van der Waals surface area contributed by atoms with Crippen LogP contribution in [0.1, 0.15) is 26.3 Å². The summed E-state index contributed by atoms with van der Waals surface area (Å²) < 4.78 is 59.5. The lowest BCUT2D eigenvalue weighted by molar-refractivity contribution is 0.0202. The zero-order valence-corrected chi connectivity index (χ0v) is 19.7. The van der Waals surface area contributed by atoms with Gasteiger partial charge in [-0.25, -0.2) is 3.63 Å². The van der Waals surface area contributed by atoms with Crippen molar-refractivity contribution in [2.24, 2.45) is 0 Å². The van der Waals surface area contributed by atoms with Crippen molar-refractivity contribution in [3.8, 4) is 0 Å². The van der Waals surface area contributed by atoms with Gasteiger partial charge >= 0.3 is 15.4 Å². The fourth-order valence-corrected chi connectivity index (χ4v) is 8.15. The number of aliphatic hydroxyl groups excluding tert-OH is 1. The van der Waals surface area contributed by atoms with Crippen LogP contribution >= 0.6 is 10.3 Å². The van der Waals surface area contributed by atoms with Gasteiger partial charge < -0.3 is 5.11 Å². The summed E-state index contributed by atoms with van der Waals surface area (Å²) >= 11 is 0. The van der Waals surface area contributed by atoms with Gasteiger partial charge in [-0.1, -0.05) is 69.3 Å². The lowest BCUT2D eigenvalue weighted by Gasteiger charge is -2.40. The Kier molecular flexibility index (Phi) is 6.81. The molecular weight excluding hydrogens is 454 g/mol. The molecule has 0 aliphatic carbocycles. The van der Waals surface area contributed by atoms with Gasteiger partial charge in [-0.2, -0.15) is 17.2 Å². The summed E-state index contributed by atoms with van der Waals surface area (Å²) in [7, 11) is -8.62. The molecule has 3 aromatic rings. The first-order chi connectivity index (χ1) is 14.9. The molecule has 0 saturated carbocycles. The monoisotopic (exact) mass is 480 g/mol. The standard InChI is InChI=1S/C24H26F2O4S2/c1-23(2,3)19-14-16-22(17-15-19)31(20-10-6-4-7-11-20,21-12-8-5-9-13-21)30-32(28,29)24(25,26)18-27/h4-17,27H,18H2,1-3H3. The van der Waals surface area contributed by atoms with Crippen molar-refractivity contribution in [2.45, 2.75) is 46.1 Å². The molecule has 0 radical (unpaired) electrons. The van der Waals surface area contributed by atoms with Gasteiger partial charge in [-0.05, 0) is 57.7 Å². The summed E-state index contributed by atoms with van der Waals surface area (Å²) in [5, 5.41) is 4.61. The topological polar surface area (TPSA) is 63.6 Å². The minimum atomic E-state index is -5.50. The van der Waals surface area contributed by atoms with E-state index < -0.39 is 32.3 Å². The predicted octanol–water partition coefficient (Wildman–Crippen LogP) is 6.11. The van der Waals surface area contributed by atoms with Gasteiger partial charge in [0.15, 0.2) is 0 Å². The maximum Gasteiger partial charge on any atom is 0.393 e. The molecule has 0 spiro atoms. The van der Waals surface area contributed by atoms with Crippen molar-refractivity contribution in [1.29, 1.82) is 0 Å². The summed E-state index contributed by atoms with van der Waals surface area (Å²) in [6, 6.07) is 24.1. The maximum absolute atomic E-state index is 14.3. The maximum atomic E-state index is 14.3. The highest BCUT2D eigenvalue weighted by atomic mass is 32.3. The van der Waals surface area contributed by atoms with E-state index >= 15 is 0 Å². The van der Waals surface area contributed by atoms with Crippen molar-refractivity contribution in [1.82, 2.24) is 0 Å². The lowest BCUT2D eigenvalue weighted by atomic mass is 9.87. The molecule has 0 aliphatic heterocycles. The van der Waals surface area contributed by atoms with E-state index in [4.69, 9.17) is 8.74 Å². The van der Waals surface area contributed by atoms with Gasteiger partial charge in [0.2, 0.25) is 0 Å².